The number of aryl methyl sites for hydroxylation is 2. The fourth-order valence-electron chi connectivity index (χ4n) is 3.55. The van der Waals surface area contributed by atoms with Crippen LogP contribution in [0.3, 0.4) is 0 Å². The molecule has 0 atom stereocenters. The molecule has 0 saturated carbocycles. The maximum absolute atomic E-state index is 10.5. The van der Waals surface area contributed by atoms with Crippen molar-refractivity contribution in [3.63, 3.8) is 0 Å². The molecule has 0 fully saturated rings. The summed E-state index contributed by atoms with van der Waals surface area (Å²) in [6, 6.07) is 14.0. The van der Waals surface area contributed by atoms with Crippen molar-refractivity contribution in [2.75, 3.05) is 0 Å². The van der Waals surface area contributed by atoms with Gasteiger partial charge in [-0.3, -0.25) is 40.5 Å². The van der Waals surface area contributed by atoms with Crippen LogP contribution in [-0.4, -0.2) is 31.6 Å². The first-order valence-electron chi connectivity index (χ1n) is 12.0. The summed E-state index contributed by atoms with van der Waals surface area (Å²) in [7, 11) is 0. The molecule has 0 aliphatic heterocycles. The van der Waals surface area contributed by atoms with Gasteiger partial charge in [0.25, 0.3) is 22.7 Å². The molecule has 0 bridgehead atoms. The van der Waals surface area contributed by atoms with E-state index in [1.54, 1.807) is 0 Å². The molecule has 0 saturated heterocycles. The van der Waals surface area contributed by atoms with Crippen LogP contribution >= 0.6 is 0 Å². The van der Waals surface area contributed by atoms with Crippen molar-refractivity contribution in [1.29, 1.82) is 0 Å². The number of H-pyrrole nitrogens is 2. The van der Waals surface area contributed by atoms with Gasteiger partial charge in [-0.2, -0.15) is 0 Å². The number of carbonyl (C=O) groups is 2. The largest absolute Gasteiger partial charge is 0.544 e. The summed E-state index contributed by atoms with van der Waals surface area (Å²) in [4.78, 5) is 64.6. The number of aromatic carboxylic acids is 2. The third kappa shape index (κ3) is 9.44. The van der Waals surface area contributed by atoms with Gasteiger partial charge in [-0.15, -0.1) is 0 Å². The fourth-order valence-corrected chi connectivity index (χ4v) is 3.55. The number of nitro groups is 4. The number of carboxylic acids is 2. The summed E-state index contributed by atoms with van der Waals surface area (Å²) in [6.45, 7) is 0. The van der Waals surface area contributed by atoms with Crippen LogP contribution in [0.2, 0.25) is 0 Å². The first-order valence-corrected chi connectivity index (χ1v) is 12.0. The van der Waals surface area contributed by atoms with Crippen LogP contribution in [0, 0.1) is 40.5 Å². The number of hydrogen-bond acceptors (Lipinski definition) is 12. The number of carboxylic acid groups (broad SMARTS) is 2. The van der Waals surface area contributed by atoms with E-state index in [0.717, 1.165) is 49.2 Å². The highest BCUT2D eigenvalue weighted by atomic mass is 16.6. The molecule has 0 unspecified atom stereocenters. The second kappa shape index (κ2) is 15.9. The molecule has 0 radical (unpaired) electrons. The number of carbonyl (C=O) groups excluding carboxylic acids is 2. The van der Waals surface area contributed by atoms with E-state index < -0.39 is 65.5 Å². The zero-order chi connectivity index (χ0) is 32.8. The Labute approximate surface area is 245 Å². The van der Waals surface area contributed by atoms with E-state index in [1.807, 2.05) is 24.8 Å². The molecule has 18 heteroatoms. The molecular weight excluding hydrogens is 588 g/mol. The Bertz CT molecular complexity index is 1490. The maximum Gasteiger partial charge on any atom is 0.285 e. The number of nitrogens with one attached hydrogen (secondary N) is 2. The van der Waals surface area contributed by atoms with Gasteiger partial charge in [0.05, 0.1) is 31.6 Å². The SMILES string of the molecule is O=C([O-])c1c([N+](=O)[O-])cccc1[N+](=O)[O-].O=C([O-])c1c([N+](=O)[O-])cccc1[N+](=O)[O-].c1cc(CCc2cc[nH+]cc2)cc[nH+]1. The molecule has 226 valence electrons. The van der Waals surface area contributed by atoms with E-state index in [4.69, 9.17) is 0 Å². The predicted molar refractivity (Wildman–Crippen MR) is 142 cm³/mol. The van der Waals surface area contributed by atoms with Crippen LogP contribution < -0.4 is 20.2 Å². The number of nitrogens with zero attached hydrogens (tertiary/aromatic N) is 4. The van der Waals surface area contributed by atoms with Gasteiger partial charge in [0, 0.05) is 48.5 Å². The van der Waals surface area contributed by atoms with Crippen molar-refractivity contribution < 1.29 is 49.5 Å². The summed E-state index contributed by atoms with van der Waals surface area (Å²) >= 11 is 0. The van der Waals surface area contributed by atoms with Gasteiger partial charge < -0.3 is 19.8 Å². The number of benzene rings is 2. The monoisotopic (exact) mass is 608 g/mol. The number of nitro benzene ring substituents is 4. The highest BCUT2D eigenvalue weighted by Crippen LogP contribution is 2.28. The first-order chi connectivity index (χ1) is 20.8. The number of aromatic nitrogens is 2. The second-order valence-electron chi connectivity index (χ2n) is 8.26. The number of rotatable bonds is 9. The molecule has 0 aliphatic rings. The quantitative estimate of drug-likeness (QED) is 0.189. The Balaban J connectivity index is 0.000000230. The number of hydrogen-bond donors (Lipinski definition) is 0. The third-order valence-electron chi connectivity index (χ3n) is 5.51. The van der Waals surface area contributed by atoms with Gasteiger partial charge >= 0.3 is 0 Å². The minimum atomic E-state index is -1.95. The Morgan fingerprint density at radius 3 is 0.955 bits per heavy atom. The predicted octanol–water partition coefficient (Wildman–Crippen LogP) is 0.833. The van der Waals surface area contributed by atoms with Crippen LogP contribution in [0.25, 0.3) is 0 Å². The zero-order valence-corrected chi connectivity index (χ0v) is 22.2. The van der Waals surface area contributed by atoms with Crippen molar-refractivity contribution in [2.45, 2.75) is 12.8 Å². The lowest BCUT2D eigenvalue weighted by Gasteiger charge is -2.03. The zero-order valence-electron chi connectivity index (χ0n) is 22.2. The van der Waals surface area contributed by atoms with Crippen LogP contribution in [0.1, 0.15) is 31.8 Å². The lowest BCUT2D eigenvalue weighted by atomic mass is 10.1. The van der Waals surface area contributed by atoms with Crippen molar-refractivity contribution in [3.8, 4) is 0 Å². The summed E-state index contributed by atoms with van der Waals surface area (Å²) in [6.07, 6.45) is 10.1. The Morgan fingerprint density at radius 2 is 0.750 bits per heavy atom. The number of pyridine rings is 2. The molecule has 0 spiro atoms. The Kier molecular flexibility index (Phi) is 12.1. The van der Waals surface area contributed by atoms with E-state index in [9.17, 15) is 60.3 Å². The normalized spacial score (nSPS) is 9.73. The molecule has 4 rings (SSSR count). The fraction of sp³-hybridized carbons (Fsp3) is 0.0769. The van der Waals surface area contributed by atoms with Gasteiger partial charge in [0.2, 0.25) is 0 Å². The van der Waals surface area contributed by atoms with Crippen LogP contribution in [-0.2, 0) is 12.8 Å². The average molecular weight is 608 g/mol. The smallest absolute Gasteiger partial charge is 0.285 e. The highest BCUT2D eigenvalue weighted by molar-refractivity contribution is 5.96. The molecule has 4 aromatic rings. The highest BCUT2D eigenvalue weighted by Gasteiger charge is 2.26. The van der Waals surface area contributed by atoms with E-state index in [2.05, 4.69) is 34.2 Å². The van der Waals surface area contributed by atoms with Gasteiger partial charge in [-0.1, -0.05) is 0 Å². The maximum atomic E-state index is 10.5. The van der Waals surface area contributed by atoms with E-state index >= 15 is 0 Å². The van der Waals surface area contributed by atoms with E-state index in [1.165, 1.54) is 11.1 Å². The second-order valence-corrected chi connectivity index (χ2v) is 8.26. The van der Waals surface area contributed by atoms with Crippen molar-refractivity contribution in [1.82, 2.24) is 0 Å². The summed E-state index contributed by atoms with van der Waals surface area (Å²) in [5, 5.41) is 62.6. The van der Waals surface area contributed by atoms with Gasteiger partial charge in [0.1, 0.15) is 0 Å². The Hall–Kier alpha value is -6.72. The number of aromatic amines is 2. The molecule has 2 aromatic heterocycles. The summed E-state index contributed by atoms with van der Waals surface area (Å²) in [5.74, 6) is -3.90. The molecule has 0 amide bonds. The first kappa shape index (κ1) is 33.5. The third-order valence-corrected chi connectivity index (χ3v) is 5.51. The minimum absolute atomic E-state index is 0.857. The molecule has 0 aliphatic carbocycles. The molecule has 2 N–H and O–H groups in total. The van der Waals surface area contributed by atoms with Crippen molar-refractivity contribution in [3.05, 3.63) is 148 Å². The molecule has 18 nitrogen and oxygen atoms in total. The minimum Gasteiger partial charge on any atom is -0.544 e. The molecule has 2 heterocycles. The van der Waals surface area contributed by atoms with Crippen molar-refractivity contribution >= 4 is 34.7 Å². The van der Waals surface area contributed by atoms with E-state index in [-0.39, 0.29) is 0 Å². The van der Waals surface area contributed by atoms with Crippen LogP contribution in [0.15, 0.2) is 85.5 Å². The Morgan fingerprint density at radius 1 is 0.500 bits per heavy atom. The van der Waals surface area contributed by atoms with Gasteiger partial charge in [-0.05, 0) is 36.1 Å². The van der Waals surface area contributed by atoms with Crippen LogP contribution in [0.5, 0.6) is 0 Å². The summed E-state index contributed by atoms with van der Waals surface area (Å²) < 4.78 is 0. The molecule has 2 aromatic carbocycles. The molecular formula is C26H20N6O12. The van der Waals surface area contributed by atoms with Crippen LogP contribution in [0.4, 0.5) is 22.7 Å². The topological polar surface area (TPSA) is 281 Å². The van der Waals surface area contributed by atoms with Gasteiger partial charge in [0.15, 0.2) is 35.9 Å². The van der Waals surface area contributed by atoms with Crippen molar-refractivity contribution in [2.24, 2.45) is 0 Å². The average Bonchev–Trinajstić information content (AvgIpc) is 3.00. The summed E-state index contributed by atoms with van der Waals surface area (Å²) in [5.41, 5.74) is -2.73. The van der Waals surface area contributed by atoms with E-state index in [0.29, 0.717) is 0 Å². The standard InChI is InChI=1S/C12H12N2.2C7H4N2O6/c1(11-3-7-13-8-4-11)2-12-5-9-14-10-6-12;2*10-7(11)6-4(8(12)13)2-1-3-5(6)9(14)15/h3-10H,1-2H2;2*1-3H,(H,10,11). The lowest BCUT2D eigenvalue weighted by Crippen LogP contribution is -2.24. The molecule has 44 heavy (non-hydrogen) atoms. The lowest BCUT2D eigenvalue weighted by molar-refractivity contribution is -0.396. The van der Waals surface area contributed by atoms with Gasteiger partial charge in [-0.25, -0.2) is 9.97 Å².